The lowest BCUT2D eigenvalue weighted by Crippen LogP contribution is -2.56. The molecular weight excluding hydrogens is 417 g/mol. The zero-order chi connectivity index (χ0) is 23.4. The van der Waals surface area contributed by atoms with Gasteiger partial charge in [-0.15, -0.1) is 0 Å². The molecule has 3 N–H and O–H groups in total. The van der Waals surface area contributed by atoms with Crippen molar-refractivity contribution >= 4 is 11.8 Å². The Balaban J connectivity index is 1.83. The Kier molecular flexibility index (Phi) is 7.72. The van der Waals surface area contributed by atoms with E-state index in [0.29, 0.717) is 6.61 Å². The number of alkyl halides is 3. The minimum absolute atomic E-state index is 0.0101. The number of carbonyl (C=O) groups excluding carboxylic acids is 2. The van der Waals surface area contributed by atoms with Crippen LogP contribution in [0.1, 0.15) is 45.2 Å². The third-order valence-corrected chi connectivity index (χ3v) is 4.94. The smallest absolute Gasteiger partial charge is 0.383 e. The molecule has 0 spiro atoms. The van der Waals surface area contributed by atoms with E-state index in [1.807, 2.05) is 13.8 Å². The van der Waals surface area contributed by atoms with Gasteiger partial charge >= 0.3 is 6.18 Å². The number of hydrogen-bond acceptors (Lipinski definition) is 5. The summed E-state index contributed by atoms with van der Waals surface area (Å²) < 4.78 is 50.3. The van der Waals surface area contributed by atoms with Crippen molar-refractivity contribution in [3.8, 4) is 0 Å². The molecule has 0 saturated carbocycles. The quantitative estimate of drug-likeness (QED) is 0.598. The van der Waals surface area contributed by atoms with Crippen molar-refractivity contribution in [2.45, 2.75) is 64.8 Å². The maximum Gasteiger partial charge on any atom is 0.416 e. The van der Waals surface area contributed by atoms with Gasteiger partial charge in [-0.05, 0) is 31.9 Å². The van der Waals surface area contributed by atoms with Crippen molar-refractivity contribution in [1.82, 2.24) is 10.6 Å². The second-order valence-electron chi connectivity index (χ2n) is 8.64. The Labute approximate surface area is 179 Å². The Morgan fingerprint density at radius 2 is 1.84 bits per heavy atom. The average molecular weight is 446 g/mol. The van der Waals surface area contributed by atoms with E-state index in [0.717, 1.165) is 6.07 Å². The van der Waals surface area contributed by atoms with Gasteiger partial charge in [0.05, 0.1) is 12.2 Å². The topological polar surface area (TPSA) is 96.9 Å². The highest BCUT2D eigenvalue weighted by Crippen LogP contribution is 2.35. The molecular formula is C21H29F3N2O5. The molecule has 1 heterocycles. The minimum Gasteiger partial charge on any atom is -0.383 e. The third-order valence-electron chi connectivity index (χ3n) is 4.94. The molecule has 2 rings (SSSR count). The first-order valence-corrected chi connectivity index (χ1v) is 9.93. The SMILES string of the molecule is CC1(C)OCC(C)(C)[C@H](C(=O)NCCC(O)C(=O)NCc2ccccc2C(F)(F)F)O1. The summed E-state index contributed by atoms with van der Waals surface area (Å²) in [4.78, 5) is 24.6. The van der Waals surface area contributed by atoms with Crippen molar-refractivity contribution in [3.63, 3.8) is 0 Å². The fourth-order valence-corrected chi connectivity index (χ4v) is 3.13. The number of rotatable bonds is 7. The largest absolute Gasteiger partial charge is 0.416 e. The van der Waals surface area contributed by atoms with Crippen LogP contribution in [0.5, 0.6) is 0 Å². The van der Waals surface area contributed by atoms with Gasteiger partial charge in [-0.3, -0.25) is 9.59 Å². The van der Waals surface area contributed by atoms with Crippen molar-refractivity contribution < 1.29 is 37.3 Å². The first kappa shape index (κ1) is 25.1. The van der Waals surface area contributed by atoms with Gasteiger partial charge in [0.15, 0.2) is 5.79 Å². The van der Waals surface area contributed by atoms with Crippen LogP contribution in [0.3, 0.4) is 0 Å². The van der Waals surface area contributed by atoms with E-state index in [9.17, 15) is 27.9 Å². The zero-order valence-electron chi connectivity index (χ0n) is 18.0. The predicted molar refractivity (Wildman–Crippen MR) is 106 cm³/mol. The van der Waals surface area contributed by atoms with Gasteiger partial charge in [0.25, 0.3) is 0 Å². The second-order valence-corrected chi connectivity index (χ2v) is 8.64. The van der Waals surface area contributed by atoms with Crippen LogP contribution in [-0.4, -0.2) is 48.1 Å². The summed E-state index contributed by atoms with van der Waals surface area (Å²) in [5.41, 5.74) is -1.52. The van der Waals surface area contributed by atoms with E-state index in [4.69, 9.17) is 9.47 Å². The normalized spacial score (nSPS) is 21.2. The van der Waals surface area contributed by atoms with Crippen LogP contribution in [-0.2, 0) is 31.8 Å². The van der Waals surface area contributed by atoms with Crippen molar-refractivity contribution in [1.29, 1.82) is 0 Å². The molecule has 1 aliphatic heterocycles. The minimum atomic E-state index is -4.54. The Morgan fingerprint density at radius 3 is 2.48 bits per heavy atom. The fourth-order valence-electron chi connectivity index (χ4n) is 3.13. The van der Waals surface area contributed by atoms with Crippen molar-refractivity contribution in [2.24, 2.45) is 5.41 Å². The van der Waals surface area contributed by atoms with Crippen molar-refractivity contribution in [3.05, 3.63) is 35.4 Å². The molecule has 1 saturated heterocycles. The molecule has 10 heteroatoms. The Morgan fingerprint density at radius 1 is 1.19 bits per heavy atom. The maximum atomic E-state index is 13.0. The summed E-state index contributed by atoms with van der Waals surface area (Å²) in [6.07, 6.45) is -6.91. The first-order chi connectivity index (χ1) is 14.2. The summed E-state index contributed by atoms with van der Waals surface area (Å²) in [5, 5.41) is 14.9. The molecule has 174 valence electrons. The molecule has 1 aromatic rings. The lowest BCUT2D eigenvalue weighted by atomic mass is 9.85. The van der Waals surface area contributed by atoms with Gasteiger partial charge in [-0.1, -0.05) is 32.0 Å². The monoisotopic (exact) mass is 446 g/mol. The van der Waals surface area contributed by atoms with Crippen LogP contribution in [0.4, 0.5) is 13.2 Å². The first-order valence-electron chi connectivity index (χ1n) is 9.93. The number of nitrogens with one attached hydrogen (secondary N) is 2. The fraction of sp³-hybridized carbons (Fsp3) is 0.619. The van der Waals surface area contributed by atoms with Crippen LogP contribution in [0.25, 0.3) is 0 Å². The second kappa shape index (κ2) is 9.54. The molecule has 31 heavy (non-hydrogen) atoms. The maximum absolute atomic E-state index is 13.0. The van der Waals surface area contributed by atoms with Gasteiger partial charge < -0.3 is 25.2 Å². The average Bonchev–Trinajstić information content (AvgIpc) is 2.67. The van der Waals surface area contributed by atoms with Crippen LogP contribution >= 0.6 is 0 Å². The Bertz CT molecular complexity index is 795. The highest BCUT2D eigenvalue weighted by molar-refractivity contribution is 5.82. The predicted octanol–water partition coefficient (Wildman–Crippen LogP) is 2.37. The third kappa shape index (κ3) is 6.91. The van der Waals surface area contributed by atoms with Crippen molar-refractivity contribution in [2.75, 3.05) is 13.2 Å². The molecule has 2 atom stereocenters. The number of aliphatic hydroxyl groups excluding tert-OH is 1. The number of ether oxygens (including phenoxy) is 2. The van der Waals surface area contributed by atoms with Crippen LogP contribution in [0, 0.1) is 5.41 Å². The summed E-state index contributed by atoms with van der Waals surface area (Å²) in [5.74, 6) is -2.13. The number of benzene rings is 1. The zero-order valence-corrected chi connectivity index (χ0v) is 18.0. The van der Waals surface area contributed by atoms with E-state index in [-0.39, 0.29) is 25.1 Å². The van der Waals surface area contributed by atoms with E-state index in [2.05, 4.69) is 10.6 Å². The van der Waals surface area contributed by atoms with Gasteiger partial charge in [0.2, 0.25) is 11.8 Å². The van der Waals surface area contributed by atoms with Crippen LogP contribution in [0.2, 0.25) is 0 Å². The van der Waals surface area contributed by atoms with E-state index >= 15 is 0 Å². The number of aliphatic hydroxyl groups is 1. The van der Waals surface area contributed by atoms with Gasteiger partial charge in [-0.25, -0.2) is 0 Å². The number of carbonyl (C=O) groups is 2. The standard InChI is InChI=1S/C21H29F3N2O5/c1-19(2)12-30-20(3,4)31-16(19)18(29)25-10-9-15(27)17(28)26-11-13-7-5-6-8-14(13)21(22,23)24/h5-8,15-16,27H,9-12H2,1-4H3,(H,25,29)(H,26,28)/t15?,16-/m0/s1. The highest BCUT2D eigenvalue weighted by Gasteiger charge is 2.45. The van der Waals surface area contributed by atoms with Gasteiger partial charge in [0, 0.05) is 18.5 Å². The molecule has 0 radical (unpaired) electrons. The molecule has 7 nitrogen and oxygen atoms in total. The molecule has 0 bridgehead atoms. The lowest BCUT2D eigenvalue weighted by molar-refractivity contribution is -0.304. The molecule has 1 aliphatic rings. The summed E-state index contributed by atoms with van der Waals surface area (Å²) >= 11 is 0. The number of amides is 2. The van der Waals surface area contributed by atoms with E-state index < -0.39 is 47.0 Å². The van der Waals surface area contributed by atoms with E-state index in [1.165, 1.54) is 18.2 Å². The lowest BCUT2D eigenvalue weighted by Gasteiger charge is -2.44. The number of halogens is 3. The van der Waals surface area contributed by atoms with Gasteiger partial charge in [0.1, 0.15) is 12.2 Å². The highest BCUT2D eigenvalue weighted by atomic mass is 19.4. The molecule has 1 aromatic carbocycles. The molecule has 0 aromatic heterocycles. The summed E-state index contributed by atoms with van der Waals surface area (Å²) in [6, 6.07) is 4.88. The summed E-state index contributed by atoms with van der Waals surface area (Å²) in [6.45, 7) is 6.99. The molecule has 1 fully saturated rings. The van der Waals surface area contributed by atoms with Crippen LogP contribution in [0.15, 0.2) is 24.3 Å². The molecule has 1 unspecified atom stereocenters. The summed E-state index contributed by atoms with van der Waals surface area (Å²) in [7, 11) is 0. The molecule has 2 amide bonds. The van der Waals surface area contributed by atoms with E-state index in [1.54, 1.807) is 13.8 Å². The number of hydrogen-bond donors (Lipinski definition) is 3. The Hall–Kier alpha value is -2.17. The van der Waals surface area contributed by atoms with Gasteiger partial charge in [-0.2, -0.15) is 13.2 Å². The molecule has 0 aliphatic carbocycles. The van der Waals surface area contributed by atoms with Crippen LogP contribution < -0.4 is 10.6 Å².